The van der Waals surface area contributed by atoms with Crippen molar-refractivity contribution in [2.45, 2.75) is 0 Å². The molecule has 631 valence electrons. The maximum absolute atomic E-state index is 9.14. The molecule has 0 amide bonds. The first-order valence-electron chi connectivity index (χ1n) is 45.9. The van der Waals surface area contributed by atoms with Gasteiger partial charge in [-0.2, -0.15) is 0 Å². The Morgan fingerprint density at radius 1 is 0.184 bits per heavy atom. The molecule has 0 aliphatic heterocycles. The van der Waals surface area contributed by atoms with Crippen LogP contribution in [0.2, 0.25) is 0 Å². The zero-order valence-electron chi connectivity index (χ0n) is 73.7. The lowest BCUT2D eigenvalue weighted by atomic mass is 9.82. The summed E-state index contributed by atoms with van der Waals surface area (Å²) in [5.74, 6) is 0.603. The molecule has 0 saturated carbocycles. The second kappa shape index (κ2) is 34.7. The van der Waals surface area contributed by atoms with Crippen LogP contribution in [-0.4, -0.2) is 12.7 Å². The molecule has 1 radical (unpaired) electrons. The number of halogens is 1. The minimum atomic E-state index is 0.603. The monoisotopic (exact) mass is 1790 g/mol. The largest absolute Gasteiger partial charge is 0.569 e. The minimum Gasteiger partial charge on any atom is -0.537 e. The number of rotatable bonds is 13. The Labute approximate surface area is 798 Å². The zero-order chi connectivity index (χ0) is 90.9. The average Bonchev–Trinajstić information content (AvgIpc) is 1.52. The van der Waals surface area contributed by atoms with Crippen LogP contribution in [0.5, 0.6) is 5.75 Å². The van der Waals surface area contributed by atoms with Crippen LogP contribution in [0, 0.1) is 13.1 Å². The van der Waals surface area contributed by atoms with E-state index in [9.17, 15) is 0 Å². The van der Waals surface area contributed by atoms with E-state index in [0.29, 0.717) is 17.1 Å². The van der Waals surface area contributed by atoms with Gasteiger partial charge in [0, 0.05) is 4.47 Å². The van der Waals surface area contributed by atoms with E-state index in [1.54, 1.807) is 0 Å². The number of hydrogen-bond donors (Lipinski definition) is 1. The van der Waals surface area contributed by atoms with Gasteiger partial charge in [-0.3, -0.25) is 0 Å². The van der Waals surface area contributed by atoms with Crippen LogP contribution in [-0.2, 0) is 0 Å². The highest BCUT2D eigenvalue weighted by Gasteiger charge is 2.35. The SMILES string of the molecule is O[B]Oc1ccc2c(-c3ccccc3)c3ccccc3c(-c3ccccc3)c2c1.[C-]#[N+]c1cc(-c2ccc3c(-c4ccccc4)c4ccccc4c(-c4ccccc4)c3c2)ccc1-c1ccc2c3c(cccc13)-c1c-2c(-c2ccccc2)c2ccccc2c1-c1ccccc1.[C-]#[N+]c1cc(Br)ccc1-c1ccc2c3c(cccc13)-c1c-2c(-c2ccccc2)c2ccccc2c1-c1ccccc1. The minimum absolute atomic E-state index is 0.603. The van der Waals surface area contributed by atoms with Crippen molar-refractivity contribution < 1.29 is 9.68 Å². The van der Waals surface area contributed by atoms with Crippen molar-refractivity contribution >= 4 is 121 Å². The summed E-state index contributed by atoms with van der Waals surface area (Å²) in [6, 6.07) is 168. The maximum Gasteiger partial charge on any atom is 0.569 e. The van der Waals surface area contributed by atoms with Crippen LogP contribution in [0.4, 0.5) is 11.4 Å². The predicted octanol–water partition coefficient (Wildman–Crippen LogP) is 36.7. The van der Waals surface area contributed by atoms with Gasteiger partial charge in [0.1, 0.15) is 5.75 Å². The lowest BCUT2D eigenvalue weighted by molar-refractivity contribution is 0.454. The fourth-order valence-electron chi connectivity index (χ4n) is 21.9. The molecule has 0 aromatic heterocycles. The molecule has 0 heterocycles. The summed E-state index contributed by atoms with van der Waals surface area (Å²) < 4.78 is 6.21. The second-order valence-corrected chi connectivity index (χ2v) is 35.6. The van der Waals surface area contributed by atoms with Gasteiger partial charge in [0.05, 0.1) is 13.1 Å². The fraction of sp³-hybridized carbons (Fsp3) is 0. The van der Waals surface area contributed by atoms with Gasteiger partial charge in [-0.05, 0) is 289 Å². The summed E-state index contributed by atoms with van der Waals surface area (Å²) >= 11 is 3.55. The number of benzene rings is 24. The number of fused-ring (bicyclic) bond motifs is 12. The first kappa shape index (κ1) is 81.8. The molecule has 2 aliphatic carbocycles. The van der Waals surface area contributed by atoms with Crippen molar-refractivity contribution in [2.75, 3.05) is 0 Å². The van der Waals surface area contributed by atoms with Crippen molar-refractivity contribution in [1.29, 1.82) is 0 Å². The van der Waals surface area contributed by atoms with E-state index < -0.39 is 0 Å². The van der Waals surface area contributed by atoms with E-state index in [-0.39, 0.29) is 0 Å². The Balaban J connectivity index is 0.000000123. The number of hydrogen-bond acceptors (Lipinski definition) is 2. The van der Waals surface area contributed by atoms with Gasteiger partial charge in [0.2, 0.25) is 0 Å². The summed E-state index contributed by atoms with van der Waals surface area (Å²) in [7, 11) is 0.725. The summed E-state index contributed by atoms with van der Waals surface area (Å²) in [6.07, 6.45) is 0. The van der Waals surface area contributed by atoms with Gasteiger partial charge in [-0.15, -0.1) is 0 Å². The van der Waals surface area contributed by atoms with E-state index in [1.807, 2.05) is 36.4 Å². The predicted molar refractivity (Wildman–Crippen MR) is 577 cm³/mol. The molecular formula is C130H79BBrN2O2. The molecular weight excluding hydrogens is 1710 g/mol. The Morgan fingerprint density at radius 3 is 0.765 bits per heavy atom. The highest BCUT2D eigenvalue weighted by Crippen LogP contribution is 2.62. The molecule has 0 atom stereocenters. The summed E-state index contributed by atoms with van der Waals surface area (Å²) in [5, 5.41) is 28.4. The lowest BCUT2D eigenvalue weighted by Crippen LogP contribution is -2.00. The third-order valence-electron chi connectivity index (χ3n) is 27.4. The van der Waals surface area contributed by atoms with Crippen LogP contribution in [0.3, 0.4) is 0 Å². The lowest BCUT2D eigenvalue weighted by Gasteiger charge is -2.20. The topological polar surface area (TPSA) is 38.2 Å². The fourth-order valence-corrected chi connectivity index (χ4v) is 22.2. The van der Waals surface area contributed by atoms with E-state index >= 15 is 0 Å². The molecule has 26 rings (SSSR count). The normalized spacial score (nSPS) is 11.4. The zero-order valence-corrected chi connectivity index (χ0v) is 75.3. The molecule has 0 bridgehead atoms. The molecule has 24 aromatic rings. The Morgan fingerprint density at radius 2 is 0.426 bits per heavy atom. The second-order valence-electron chi connectivity index (χ2n) is 34.7. The van der Waals surface area contributed by atoms with Gasteiger partial charge in [-0.1, -0.05) is 453 Å². The summed E-state index contributed by atoms with van der Waals surface area (Å²) in [6.45, 7) is 16.5. The summed E-state index contributed by atoms with van der Waals surface area (Å²) in [5.41, 5.74) is 36.9. The quantitative estimate of drug-likeness (QED) is 0.0710. The standard InChI is InChI=1S/C65H39N.C39H22BrN.C26H18BO2/c1-66-58-40-46(45-34-36-54-57(39-45)60(42-21-8-3-9-22-42)51-28-15-14-27-50(51)59(54)41-19-6-2-7-20-41)33-35-48(58)47-37-38-56-63-49(47)31-18-32-55(63)64-61(43-23-10-4-11-24-43)52-29-16-17-30-53(52)62(65(56)64)44-25-12-5-13-26-44;1-41-34-23-26(40)19-20-28(34)27-21-22-33-37-29(27)17-10-18-32(37)38-35(24-11-4-2-5-12-24)30-15-8-9-16-31(30)36(39(33)38)25-13-6-3-7-14-25;28-27-29-20-15-16-23-24(17-20)26(19-11-5-2-6-12-19)22-14-8-7-13-21(22)25(23)18-9-3-1-4-10-18/h2-40H;2-23H;1-17,28H. The molecule has 0 saturated heterocycles. The average molecular weight is 1790 g/mol. The highest BCUT2D eigenvalue weighted by molar-refractivity contribution is 9.10. The van der Waals surface area contributed by atoms with Crippen LogP contribution >= 0.6 is 15.9 Å². The third-order valence-corrected chi connectivity index (χ3v) is 27.9. The van der Waals surface area contributed by atoms with Crippen molar-refractivity contribution in [3.05, 3.63) is 500 Å². The molecule has 0 unspecified atom stereocenters. The van der Waals surface area contributed by atoms with E-state index in [2.05, 4.69) is 462 Å². The highest BCUT2D eigenvalue weighted by atomic mass is 79.9. The van der Waals surface area contributed by atoms with Crippen molar-refractivity contribution in [3.63, 3.8) is 0 Å². The first-order valence-corrected chi connectivity index (χ1v) is 46.7. The van der Waals surface area contributed by atoms with Gasteiger partial charge >= 0.3 is 7.69 Å². The van der Waals surface area contributed by atoms with E-state index in [4.69, 9.17) is 22.8 Å². The first-order chi connectivity index (χ1) is 67.4. The van der Waals surface area contributed by atoms with Gasteiger partial charge in [0.15, 0.2) is 11.4 Å². The molecule has 1 N–H and O–H groups in total. The van der Waals surface area contributed by atoms with E-state index in [0.717, 1.165) is 67.3 Å². The van der Waals surface area contributed by atoms with Gasteiger partial charge in [0.25, 0.3) is 0 Å². The van der Waals surface area contributed by atoms with Crippen molar-refractivity contribution in [3.8, 4) is 173 Å². The Kier molecular flexibility index (Phi) is 20.9. The number of nitrogens with zero attached hydrogens (tertiary/aromatic N) is 2. The van der Waals surface area contributed by atoms with Crippen LogP contribution in [0.25, 0.3) is 263 Å². The molecule has 24 aromatic carbocycles. The third kappa shape index (κ3) is 13.8. The molecule has 6 heteroatoms. The molecule has 0 fully saturated rings. The maximum atomic E-state index is 9.14. The smallest absolute Gasteiger partial charge is 0.537 e. The van der Waals surface area contributed by atoms with Crippen LogP contribution in [0.1, 0.15) is 0 Å². The Hall–Kier alpha value is -17.4. The van der Waals surface area contributed by atoms with Crippen LogP contribution in [0.15, 0.2) is 478 Å². The molecule has 0 spiro atoms. The Bertz CT molecular complexity index is 8850. The molecule has 2 aliphatic rings. The van der Waals surface area contributed by atoms with E-state index in [1.165, 1.54) is 198 Å². The van der Waals surface area contributed by atoms with Crippen molar-refractivity contribution in [2.24, 2.45) is 0 Å². The summed E-state index contributed by atoms with van der Waals surface area (Å²) in [4.78, 5) is 8.14. The van der Waals surface area contributed by atoms with Gasteiger partial charge < -0.3 is 9.68 Å². The van der Waals surface area contributed by atoms with Gasteiger partial charge in [-0.25, -0.2) is 9.69 Å². The molecule has 4 nitrogen and oxygen atoms in total. The molecule has 136 heavy (non-hydrogen) atoms. The van der Waals surface area contributed by atoms with Crippen molar-refractivity contribution in [1.82, 2.24) is 0 Å². The van der Waals surface area contributed by atoms with Crippen LogP contribution < -0.4 is 4.65 Å².